The van der Waals surface area contributed by atoms with E-state index in [-0.39, 0.29) is 0 Å². The van der Waals surface area contributed by atoms with Gasteiger partial charge in [-0.2, -0.15) is 15.4 Å². The summed E-state index contributed by atoms with van der Waals surface area (Å²) in [5.41, 5.74) is 3.41. The molecular formula is C15H22N4. The summed E-state index contributed by atoms with van der Waals surface area (Å²) in [7, 11) is 0. The van der Waals surface area contributed by atoms with Crippen LogP contribution in [-0.2, 0) is 12.8 Å². The largest absolute Gasteiger partial charge is 0.316 e. The van der Waals surface area contributed by atoms with E-state index in [0.29, 0.717) is 0 Å². The highest BCUT2D eigenvalue weighted by Gasteiger charge is 2.07. The van der Waals surface area contributed by atoms with E-state index >= 15 is 0 Å². The van der Waals surface area contributed by atoms with Gasteiger partial charge in [-0.1, -0.05) is 43.7 Å². The summed E-state index contributed by atoms with van der Waals surface area (Å²) in [6.45, 7) is 4.26. The number of hydrogen-bond acceptors (Lipinski definition) is 3. The number of H-pyrrole nitrogens is 1. The van der Waals surface area contributed by atoms with Crippen molar-refractivity contribution < 1.29 is 0 Å². The van der Waals surface area contributed by atoms with E-state index in [9.17, 15) is 0 Å². The molecule has 4 heteroatoms. The maximum absolute atomic E-state index is 4.26. The molecule has 2 N–H and O–H groups in total. The minimum atomic E-state index is 0.849. The minimum Gasteiger partial charge on any atom is -0.316 e. The standard InChI is InChI=1S/C15H22N4/c1-2-3-10-16-11-9-14-15(18-19-17-14)12-13-7-5-4-6-8-13/h4-8,16H,2-3,9-12H2,1H3,(H,17,18,19). The lowest BCUT2D eigenvalue weighted by Gasteiger charge is -2.03. The van der Waals surface area contributed by atoms with Crippen LogP contribution < -0.4 is 5.32 Å². The van der Waals surface area contributed by atoms with Gasteiger partial charge in [-0.15, -0.1) is 0 Å². The normalized spacial score (nSPS) is 10.8. The van der Waals surface area contributed by atoms with E-state index in [1.54, 1.807) is 0 Å². The highest BCUT2D eigenvalue weighted by molar-refractivity contribution is 5.23. The fourth-order valence-corrected chi connectivity index (χ4v) is 2.04. The maximum Gasteiger partial charge on any atom is 0.0900 e. The average Bonchev–Trinajstić information content (AvgIpc) is 2.87. The number of aromatic amines is 1. The van der Waals surface area contributed by atoms with Crippen molar-refractivity contribution >= 4 is 0 Å². The van der Waals surface area contributed by atoms with Gasteiger partial charge >= 0.3 is 0 Å². The molecule has 19 heavy (non-hydrogen) atoms. The first-order valence-electron chi connectivity index (χ1n) is 7.03. The summed E-state index contributed by atoms with van der Waals surface area (Å²) in [5, 5.41) is 14.7. The van der Waals surface area contributed by atoms with E-state index in [1.165, 1.54) is 18.4 Å². The third kappa shape index (κ3) is 4.48. The molecule has 1 aromatic carbocycles. The summed E-state index contributed by atoms with van der Waals surface area (Å²) < 4.78 is 0. The van der Waals surface area contributed by atoms with Crippen LogP contribution in [0.2, 0.25) is 0 Å². The Morgan fingerprint density at radius 2 is 1.84 bits per heavy atom. The van der Waals surface area contributed by atoms with Crippen molar-refractivity contribution in [1.82, 2.24) is 20.7 Å². The Morgan fingerprint density at radius 3 is 2.63 bits per heavy atom. The lowest BCUT2D eigenvalue weighted by Crippen LogP contribution is -2.19. The Kier molecular flexibility index (Phi) is 5.56. The van der Waals surface area contributed by atoms with Crippen LogP contribution in [0.5, 0.6) is 0 Å². The third-order valence-corrected chi connectivity index (χ3v) is 3.16. The summed E-state index contributed by atoms with van der Waals surface area (Å²) in [6, 6.07) is 10.4. The molecule has 0 bridgehead atoms. The van der Waals surface area contributed by atoms with Gasteiger partial charge in [0, 0.05) is 19.4 Å². The fraction of sp³-hybridized carbons (Fsp3) is 0.467. The number of benzene rings is 1. The Labute approximate surface area is 114 Å². The van der Waals surface area contributed by atoms with Gasteiger partial charge in [0.05, 0.1) is 11.4 Å². The molecule has 4 nitrogen and oxygen atoms in total. The molecule has 0 spiro atoms. The predicted octanol–water partition coefficient (Wildman–Crippen LogP) is 2.33. The highest BCUT2D eigenvalue weighted by Crippen LogP contribution is 2.09. The van der Waals surface area contributed by atoms with E-state index in [0.717, 1.165) is 37.3 Å². The van der Waals surface area contributed by atoms with E-state index < -0.39 is 0 Å². The zero-order valence-corrected chi connectivity index (χ0v) is 11.5. The number of nitrogens with zero attached hydrogens (tertiary/aromatic N) is 2. The van der Waals surface area contributed by atoms with Crippen molar-refractivity contribution in [2.45, 2.75) is 32.6 Å². The van der Waals surface area contributed by atoms with E-state index in [1.807, 2.05) is 6.07 Å². The van der Waals surface area contributed by atoms with Gasteiger partial charge in [0.25, 0.3) is 0 Å². The van der Waals surface area contributed by atoms with Crippen LogP contribution in [0.15, 0.2) is 30.3 Å². The second-order valence-electron chi connectivity index (χ2n) is 4.73. The second kappa shape index (κ2) is 7.69. The number of aromatic nitrogens is 3. The summed E-state index contributed by atoms with van der Waals surface area (Å²) >= 11 is 0. The van der Waals surface area contributed by atoms with Crippen LogP contribution in [-0.4, -0.2) is 28.5 Å². The van der Waals surface area contributed by atoms with Crippen molar-refractivity contribution in [2.75, 3.05) is 13.1 Å². The SMILES string of the molecule is CCCCNCCc1n[nH]nc1Cc1ccccc1. The van der Waals surface area contributed by atoms with E-state index in [4.69, 9.17) is 0 Å². The smallest absolute Gasteiger partial charge is 0.0900 e. The lowest BCUT2D eigenvalue weighted by molar-refractivity contribution is 0.634. The first-order valence-corrected chi connectivity index (χ1v) is 7.03. The van der Waals surface area contributed by atoms with Gasteiger partial charge in [-0.05, 0) is 18.5 Å². The van der Waals surface area contributed by atoms with Crippen molar-refractivity contribution in [3.05, 3.63) is 47.3 Å². The van der Waals surface area contributed by atoms with Crippen molar-refractivity contribution in [1.29, 1.82) is 0 Å². The zero-order valence-electron chi connectivity index (χ0n) is 11.5. The molecule has 1 heterocycles. The molecule has 0 saturated carbocycles. The maximum atomic E-state index is 4.26. The number of rotatable bonds is 8. The molecule has 2 rings (SSSR count). The first-order chi connectivity index (χ1) is 9.40. The van der Waals surface area contributed by atoms with Crippen molar-refractivity contribution in [3.63, 3.8) is 0 Å². The second-order valence-corrected chi connectivity index (χ2v) is 4.73. The van der Waals surface area contributed by atoms with Gasteiger partial charge in [-0.25, -0.2) is 0 Å². The molecule has 0 aliphatic carbocycles. The van der Waals surface area contributed by atoms with Crippen LogP contribution in [0.4, 0.5) is 0 Å². The fourth-order valence-electron chi connectivity index (χ4n) is 2.04. The molecule has 1 aromatic heterocycles. The van der Waals surface area contributed by atoms with E-state index in [2.05, 4.69) is 51.9 Å². The molecule has 0 radical (unpaired) electrons. The molecule has 2 aromatic rings. The molecule has 0 atom stereocenters. The molecule has 0 fully saturated rings. The minimum absolute atomic E-state index is 0.849. The van der Waals surface area contributed by atoms with Gasteiger partial charge in [0.2, 0.25) is 0 Å². The summed E-state index contributed by atoms with van der Waals surface area (Å²) in [6.07, 6.45) is 4.25. The monoisotopic (exact) mass is 258 g/mol. The molecule has 0 saturated heterocycles. The van der Waals surface area contributed by atoms with Crippen molar-refractivity contribution in [2.24, 2.45) is 0 Å². The van der Waals surface area contributed by atoms with Gasteiger partial charge in [0.1, 0.15) is 0 Å². The average molecular weight is 258 g/mol. The Bertz CT molecular complexity index is 464. The molecule has 0 aliphatic heterocycles. The van der Waals surface area contributed by atoms with Crippen molar-refractivity contribution in [3.8, 4) is 0 Å². The molecule has 0 amide bonds. The third-order valence-electron chi connectivity index (χ3n) is 3.16. The van der Waals surface area contributed by atoms with Gasteiger partial charge < -0.3 is 5.32 Å². The van der Waals surface area contributed by atoms with Crippen LogP contribution in [0.1, 0.15) is 36.7 Å². The molecule has 0 unspecified atom stereocenters. The quantitative estimate of drug-likeness (QED) is 0.715. The molecule has 102 valence electrons. The zero-order chi connectivity index (χ0) is 13.3. The Morgan fingerprint density at radius 1 is 1.05 bits per heavy atom. The van der Waals surface area contributed by atoms with Crippen LogP contribution in [0.25, 0.3) is 0 Å². The predicted molar refractivity (Wildman–Crippen MR) is 77.1 cm³/mol. The van der Waals surface area contributed by atoms with Gasteiger partial charge in [0.15, 0.2) is 0 Å². The van der Waals surface area contributed by atoms with Crippen LogP contribution >= 0.6 is 0 Å². The molecule has 0 aliphatic rings. The summed E-state index contributed by atoms with van der Waals surface area (Å²) in [4.78, 5) is 0. The number of nitrogens with one attached hydrogen (secondary N) is 2. The highest BCUT2D eigenvalue weighted by atomic mass is 15.3. The topological polar surface area (TPSA) is 53.6 Å². The summed E-state index contributed by atoms with van der Waals surface area (Å²) in [5.74, 6) is 0. The molecular weight excluding hydrogens is 236 g/mol. The van der Waals surface area contributed by atoms with Crippen LogP contribution in [0, 0.1) is 0 Å². The lowest BCUT2D eigenvalue weighted by atomic mass is 10.1. The number of hydrogen-bond donors (Lipinski definition) is 2. The van der Waals surface area contributed by atoms with Gasteiger partial charge in [-0.3, -0.25) is 0 Å². The number of unbranched alkanes of at least 4 members (excludes halogenated alkanes) is 1. The Hall–Kier alpha value is -1.68. The first kappa shape index (κ1) is 13.7. The van der Waals surface area contributed by atoms with Crippen LogP contribution in [0.3, 0.4) is 0 Å². The Balaban J connectivity index is 1.84.